The maximum atomic E-state index is 13.9. The molecule has 0 fully saturated rings. The van der Waals surface area contributed by atoms with Gasteiger partial charge in [0, 0.05) is 35.8 Å². The van der Waals surface area contributed by atoms with Crippen molar-refractivity contribution in [3.8, 4) is 11.3 Å². The lowest BCUT2D eigenvalue weighted by atomic mass is 9.94. The standard InChI is InChI=1S/C29H24Cl2N4O5S/c1-4-33(5-2)28(37)25-16(3)32-29-34(26(25)17-6-9-19(30)10-7-17)27(36)24(41-29)15-20-11-13-23(40-20)18-8-12-21(31)22(14-18)35(38)39/h6-15,26H,4-5H2,1-3H3/b24-15+/t26-/m0/s1. The van der Waals surface area contributed by atoms with Crippen molar-refractivity contribution < 1.29 is 14.1 Å². The molecule has 0 bridgehead atoms. The van der Waals surface area contributed by atoms with Crippen molar-refractivity contribution in [2.75, 3.05) is 13.1 Å². The molecule has 1 amide bonds. The lowest BCUT2D eigenvalue weighted by molar-refractivity contribution is -0.384. The van der Waals surface area contributed by atoms with Crippen molar-refractivity contribution in [3.63, 3.8) is 0 Å². The van der Waals surface area contributed by atoms with Crippen LogP contribution in [0.25, 0.3) is 17.4 Å². The molecular weight excluding hydrogens is 587 g/mol. The summed E-state index contributed by atoms with van der Waals surface area (Å²) in [6, 6.07) is 14.1. The molecule has 0 N–H and O–H groups in total. The number of nitro groups is 1. The van der Waals surface area contributed by atoms with Gasteiger partial charge in [-0.25, -0.2) is 4.99 Å². The number of carbonyl (C=O) groups excluding carboxylic acids is 1. The number of hydrogen-bond acceptors (Lipinski definition) is 7. The van der Waals surface area contributed by atoms with Crippen LogP contribution in [0.3, 0.4) is 0 Å². The number of hydrogen-bond donors (Lipinski definition) is 0. The lowest BCUT2D eigenvalue weighted by Gasteiger charge is -2.29. The third-order valence-electron chi connectivity index (χ3n) is 6.82. The number of benzene rings is 2. The maximum Gasteiger partial charge on any atom is 0.288 e. The van der Waals surface area contributed by atoms with Gasteiger partial charge < -0.3 is 9.32 Å². The van der Waals surface area contributed by atoms with Crippen LogP contribution in [0.15, 0.2) is 80.1 Å². The Morgan fingerprint density at radius 3 is 2.51 bits per heavy atom. The second-order valence-corrected chi connectivity index (χ2v) is 11.1. The number of allylic oxidation sites excluding steroid dienone is 1. The predicted molar refractivity (Wildman–Crippen MR) is 159 cm³/mol. The fourth-order valence-corrected chi connectivity index (χ4v) is 6.10. The topological polar surface area (TPSA) is 111 Å². The van der Waals surface area contributed by atoms with Crippen LogP contribution in [-0.4, -0.2) is 33.4 Å². The van der Waals surface area contributed by atoms with Crippen molar-refractivity contribution in [3.05, 3.63) is 117 Å². The smallest absolute Gasteiger partial charge is 0.288 e. The van der Waals surface area contributed by atoms with Gasteiger partial charge in [-0.1, -0.05) is 46.7 Å². The largest absolute Gasteiger partial charge is 0.457 e. The molecule has 210 valence electrons. The lowest BCUT2D eigenvalue weighted by Crippen LogP contribution is -2.43. The molecule has 4 aromatic rings. The molecule has 9 nitrogen and oxygen atoms in total. The third-order valence-corrected chi connectivity index (χ3v) is 8.37. The molecule has 2 aromatic carbocycles. The van der Waals surface area contributed by atoms with E-state index in [0.717, 1.165) is 5.56 Å². The van der Waals surface area contributed by atoms with Gasteiger partial charge in [-0.05, 0) is 62.7 Å². The van der Waals surface area contributed by atoms with Crippen LogP contribution in [0, 0.1) is 10.1 Å². The molecule has 0 spiro atoms. The number of nitro benzene ring substituents is 1. The van der Waals surface area contributed by atoms with Crippen LogP contribution in [0.1, 0.15) is 38.1 Å². The summed E-state index contributed by atoms with van der Waals surface area (Å²) in [5.74, 6) is 0.574. The molecular formula is C29H24Cl2N4O5S. The molecule has 0 unspecified atom stereocenters. The highest BCUT2D eigenvalue weighted by atomic mass is 35.5. The quantitative estimate of drug-likeness (QED) is 0.200. The normalized spacial score (nSPS) is 15.0. The molecule has 3 heterocycles. The van der Waals surface area contributed by atoms with E-state index in [1.165, 1.54) is 28.0 Å². The Balaban J connectivity index is 1.62. The predicted octanol–water partition coefficient (Wildman–Crippen LogP) is 5.58. The highest BCUT2D eigenvalue weighted by Crippen LogP contribution is 2.33. The summed E-state index contributed by atoms with van der Waals surface area (Å²) in [5, 5.41) is 11.9. The summed E-state index contributed by atoms with van der Waals surface area (Å²) in [6.45, 7) is 6.62. The van der Waals surface area contributed by atoms with Gasteiger partial charge in [-0.3, -0.25) is 24.3 Å². The Hall–Kier alpha value is -3.99. The fraction of sp³-hybridized carbons (Fsp3) is 0.207. The minimum absolute atomic E-state index is 0.0241. The summed E-state index contributed by atoms with van der Waals surface area (Å²) in [5.41, 5.74) is 1.62. The third kappa shape index (κ3) is 5.38. The van der Waals surface area contributed by atoms with E-state index in [9.17, 15) is 19.7 Å². The van der Waals surface area contributed by atoms with E-state index in [1.807, 2.05) is 26.0 Å². The van der Waals surface area contributed by atoms with E-state index in [1.54, 1.807) is 48.2 Å². The van der Waals surface area contributed by atoms with Crippen molar-refractivity contribution in [2.24, 2.45) is 4.99 Å². The highest BCUT2D eigenvalue weighted by molar-refractivity contribution is 7.07. The highest BCUT2D eigenvalue weighted by Gasteiger charge is 2.34. The zero-order chi connectivity index (χ0) is 29.4. The van der Waals surface area contributed by atoms with Gasteiger partial charge in [0.2, 0.25) is 0 Å². The molecule has 0 saturated carbocycles. The SMILES string of the molecule is CCN(CC)C(=O)C1=C(C)N=c2s/c(=C/c3ccc(-c4ccc(Cl)c([N+](=O)[O-])c4)o3)c(=O)n2[C@H]1c1ccc(Cl)cc1. The molecule has 1 aliphatic heterocycles. The monoisotopic (exact) mass is 610 g/mol. The van der Waals surface area contributed by atoms with Gasteiger partial charge in [0.1, 0.15) is 16.5 Å². The minimum Gasteiger partial charge on any atom is -0.457 e. The number of amides is 1. The van der Waals surface area contributed by atoms with E-state index in [0.29, 0.717) is 55.8 Å². The number of carbonyl (C=O) groups is 1. The van der Waals surface area contributed by atoms with Crippen LogP contribution < -0.4 is 14.9 Å². The molecule has 0 aliphatic carbocycles. The summed E-state index contributed by atoms with van der Waals surface area (Å²) < 4.78 is 7.82. The van der Waals surface area contributed by atoms with Crippen molar-refractivity contribution >= 4 is 52.2 Å². The Labute approximate surface area is 248 Å². The molecule has 2 aromatic heterocycles. The van der Waals surface area contributed by atoms with Crippen molar-refractivity contribution in [1.82, 2.24) is 9.47 Å². The number of likely N-dealkylation sites (N-methyl/N-ethyl adjacent to an activating group) is 1. The molecule has 5 rings (SSSR count). The second-order valence-electron chi connectivity index (χ2n) is 9.24. The summed E-state index contributed by atoms with van der Waals surface area (Å²) >= 11 is 13.3. The average Bonchev–Trinajstić information content (AvgIpc) is 3.53. The zero-order valence-corrected chi connectivity index (χ0v) is 24.6. The van der Waals surface area contributed by atoms with Crippen LogP contribution in [-0.2, 0) is 4.79 Å². The van der Waals surface area contributed by atoms with Crippen LogP contribution in [0.5, 0.6) is 0 Å². The summed E-state index contributed by atoms with van der Waals surface area (Å²) in [6.07, 6.45) is 1.60. The minimum atomic E-state index is -0.694. The first-order valence-electron chi connectivity index (χ1n) is 12.7. The zero-order valence-electron chi connectivity index (χ0n) is 22.3. The van der Waals surface area contributed by atoms with E-state index >= 15 is 0 Å². The maximum absolute atomic E-state index is 13.9. The van der Waals surface area contributed by atoms with Gasteiger partial charge in [0.25, 0.3) is 17.2 Å². The molecule has 12 heteroatoms. The van der Waals surface area contributed by atoms with Crippen LogP contribution in [0.4, 0.5) is 5.69 Å². The van der Waals surface area contributed by atoms with Gasteiger partial charge in [0.15, 0.2) is 4.80 Å². The Kier molecular flexibility index (Phi) is 7.99. The van der Waals surface area contributed by atoms with Crippen LogP contribution in [0.2, 0.25) is 10.0 Å². The van der Waals surface area contributed by atoms with E-state index < -0.39 is 11.0 Å². The summed E-state index contributed by atoms with van der Waals surface area (Å²) in [4.78, 5) is 45.1. The van der Waals surface area contributed by atoms with Crippen LogP contribution >= 0.6 is 34.5 Å². The van der Waals surface area contributed by atoms with Gasteiger partial charge >= 0.3 is 0 Å². The number of rotatable bonds is 7. The molecule has 0 saturated heterocycles. The van der Waals surface area contributed by atoms with Crippen molar-refractivity contribution in [1.29, 1.82) is 0 Å². The first kappa shape index (κ1) is 28.5. The Morgan fingerprint density at radius 2 is 1.85 bits per heavy atom. The van der Waals surface area contributed by atoms with E-state index in [4.69, 9.17) is 27.6 Å². The first-order valence-corrected chi connectivity index (χ1v) is 14.3. The van der Waals surface area contributed by atoms with Gasteiger partial charge in [0.05, 0.1) is 26.8 Å². The molecule has 1 aliphatic rings. The number of thiazole rings is 1. The number of fused-ring (bicyclic) bond motifs is 1. The van der Waals surface area contributed by atoms with E-state index in [2.05, 4.69) is 4.99 Å². The number of nitrogens with zero attached hydrogens (tertiary/aromatic N) is 4. The van der Waals surface area contributed by atoms with Gasteiger partial charge in [-0.15, -0.1) is 0 Å². The second kappa shape index (κ2) is 11.5. The van der Waals surface area contributed by atoms with Crippen molar-refractivity contribution in [2.45, 2.75) is 26.8 Å². The summed E-state index contributed by atoms with van der Waals surface area (Å²) in [7, 11) is 0. The van der Waals surface area contributed by atoms with E-state index in [-0.39, 0.29) is 22.2 Å². The Bertz CT molecular complexity index is 1880. The number of halogens is 2. The van der Waals surface area contributed by atoms with Gasteiger partial charge in [-0.2, -0.15) is 0 Å². The molecule has 1 atom stereocenters. The first-order chi connectivity index (χ1) is 19.6. The molecule has 41 heavy (non-hydrogen) atoms. The average molecular weight is 612 g/mol. The fourth-order valence-electron chi connectivity index (χ4n) is 4.76. The molecule has 0 radical (unpaired) electrons. The number of aromatic nitrogens is 1. The Morgan fingerprint density at radius 1 is 1.15 bits per heavy atom. The number of furan rings is 1.